The molecule has 1 unspecified atom stereocenters. The minimum Gasteiger partial charge on any atom is -0.399 e. The first-order valence-electron chi connectivity index (χ1n) is 5.42. The Kier molecular flexibility index (Phi) is 5.33. The molecule has 96 valence electrons. The summed E-state index contributed by atoms with van der Waals surface area (Å²) in [6.45, 7) is 2.09. The molecule has 0 saturated heterocycles. The number of rotatable bonds is 5. The van der Waals surface area contributed by atoms with Gasteiger partial charge in [0, 0.05) is 17.1 Å². The molecule has 3 N–H and O–H groups in total. The Morgan fingerprint density at radius 2 is 2.28 bits per heavy atom. The van der Waals surface area contributed by atoms with E-state index in [9.17, 15) is 9.00 Å². The van der Waals surface area contributed by atoms with Crippen molar-refractivity contribution in [3.8, 4) is 6.07 Å². The second-order valence-electron chi connectivity index (χ2n) is 3.77. The number of nitrogens with two attached hydrogens (primary N) is 1. The Hall–Kier alpha value is -1.87. The molecule has 0 fully saturated rings. The van der Waals surface area contributed by atoms with Gasteiger partial charge in [-0.05, 0) is 30.7 Å². The molecule has 0 radical (unpaired) electrons. The molecule has 1 amide bonds. The number of hydrogen-bond acceptors (Lipinski definition) is 4. The maximum Gasteiger partial charge on any atom is 0.233 e. The fourth-order valence-corrected chi connectivity index (χ4v) is 2.57. The standard InChI is InChI=1S/C12H15N3O2S/c1-9-7-10(14)3-4-11(9)18(17)8-12(16)15-6-2-5-13/h3-4,7H,2,6,8,14H2,1H3,(H,15,16). The van der Waals surface area contributed by atoms with Crippen LogP contribution in [0.15, 0.2) is 23.1 Å². The van der Waals surface area contributed by atoms with Crippen molar-refractivity contribution >= 4 is 22.4 Å². The highest BCUT2D eigenvalue weighted by Crippen LogP contribution is 2.16. The second kappa shape index (κ2) is 6.77. The van der Waals surface area contributed by atoms with E-state index < -0.39 is 10.8 Å². The Labute approximate surface area is 108 Å². The van der Waals surface area contributed by atoms with E-state index in [4.69, 9.17) is 11.0 Å². The zero-order valence-electron chi connectivity index (χ0n) is 10.1. The molecule has 6 heteroatoms. The van der Waals surface area contributed by atoms with Crippen molar-refractivity contribution in [2.75, 3.05) is 18.0 Å². The summed E-state index contributed by atoms with van der Waals surface area (Å²) >= 11 is 0. The number of benzene rings is 1. The molecule has 18 heavy (non-hydrogen) atoms. The fraction of sp³-hybridized carbons (Fsp3) is 0.333. The predicted octanol–water partition coefficient (Wildman–Crippen LogP) is 0.715. The van der Waals surface area contributed by atoms with Crippen molar-refractivity contribution < 1.29 is 9.00 Å². The number of nitrogens with one attached hydrogen (secondary N) is 1. The van der Waals surface area contributed by atoms with E-state index in [1.165, 1.54) is 0 Å². The van der Waals surface area contributed by atoms with Gasteiger partial charge in [0.05, 0.1) is 23.3 Å². The zero-order chi connectivity index (χ0) is 13.5. The molecule has 0 heterocycles. The van der Waals surface area contributed by atoms with Crippen LogP contribution < -0.4 is 11.1 Å². The average Bonchev–Trinajstić information content (AvgIpc) is 2.28. The molecule has 5 nitrogen and oxygen atoms in total. The van der Waals surface area contributed by atoms with Crippen molar-refractivity contribution in [2.24, 2.45) is 0 Å². The van der Waals surface area contributed by atoms with E-state index in [0.717, 1.165) is 5.56 Å². The third-order valence-corrected chi connectivity index (χ3v) is 3.74. The Morgan fingerprint density at radius 1 is 1.56 bits per heavy atom. The van der Waals surface area contributed by atoms with Gasteiger partial charge in [0.2, 0.25) is 5.91 Å². The summed E-state index contributed by atoms with van der Waals surface area (Å²) in [7, 11) is -1.39. The summed E-state index contributed by atoms with van der Waals surface area (Å²) < 4.78 is 12.0. The van der Waals surface area contributed by atoms with Gasteiger partial charge in [-0.1, -0.05) is 0 Å². The van der Waals surface area contributed by atoms with Crippen LogP contribution in [0, 0.1) is 18.3 Å². The maximum absolute atomic E-state index is 12.0. The molecule has 0 aliphatic carbocycles. The first kappa shape index (κ1) is 14.2. The summed E-state index contributed by atoms with van der Waals surface area (Å²) in [6, 6.07) is 6.97. The topological polar surface area (TPSA) is 96.0 Å². The Balaban J connectivity index is 2.60. The quantitative estimate of drug-likeness (QED) is 0.605. The first-order chi connectivity index (χ1) is 8.54. The number of aryl methyl sites for hydroxylation is 1. The largest absolute Gasteiger partial charge is 0.399 e. The number of hydrogen-bond donors (Lipinski definition) is 2. The van der Waals surface area contributed by atoms with Gasteiger partial charge >= 0.3 is 0 Å². The minimum atomic E-state index is -1.39. The molecule has 1 aromatic rings. The van der Waals surface area contributed by atoms with E-state index in [1.807, 2.05) is 6.07 Å². The molecule has 1 aromatic carbocycles. The monoisotopic (exact) mass is 265 g/mol. The number of anilines is 1. The minimum absolute atomic E-state index is 0.101. The zero-order valence-corrected chi connectivity index (χ0v) is 10.9. The molecule has 0 aliphatic heterocycles. The van der Waals surface area contributed by atoms with Gasteiger partial charge in [-0.15, -0.1) is 0 Å². The van der Waals surface area contributed by atoms with Gasteiger partial charge in [0.15, 0.2) is 0 Å². The summed E-state index contributed by atoms with van der Waals surface area (Å²) in [5, 5.41) is 10.9. The van der Waals surface area contributed by atoms with Crippen LogP contribution in [0.5, 0.6) is 0 Å². The lowest BCUT2D eigenvalue weighted by Crippen LogP contribution is -2.29. The van der Waals surface area contributed by atoms with Crippen LogP contribution in [0.3, 0.4) is 0 Å². The molecule has 1 atom stereocenters. The lowest BCUT2D eigenvalue weighted by atomic mass is 10.2. The number of nitriles is 1. The van der Waals surface area contributed by atoms with Gasteiger partial charge in [0.25, 0.3) is 0 Å². The van der Waals surface area contributed by atoms with E-state index in [1.54, 1.807) is 25.1 Å². The second-order valence-corrected chi connectivity index (χ2v) is 5.19. The van der Waals surface area contributed by atoms with Crippen LogP contribution in [0.1, 0.15) is 12.0 Å². The van der Waals surface area contributed by atoms with Gasteiger partial charge < -0.3 is 11.1 Å². The van der Waals surface area contributed by atoms with E-state index in [-0.39, 0.29) is 24.6 Å². The summed E-state index contributed by atoms with van der Waals surface area (Å²) in [6.07, 6.45) is 0.249. The maximum atomic E-state index is 12.0. The summed E-state index contributed by atoms with van der Waals surface area (Å²) in [4.78, 5) is 12.1. The van der Waals surface area contributed by atoms with Crippen LogP contribution in [0.25, 0.3) is 0 Å². The highest BCUT2D eigenvalue weighted by Gasteiger charge is 2.12. The number of nitrogen functional groups attached to an aromatic ring is 1. The average molecular weight is 265 g/mol. The number of nitrogens with zero attached hydrogens (tertiary/aromatic N) is 1. The first-order valence-corrected chi connectivity index (χ1v) is 6.74. The van der Waals surface area contributed by atoms with Crippen molar-refractivity contribution in [1.82, 2.24) is 5.32 Å². The van der Waals surface area contributed by atoms with Crippen molar-refractivity contribution in [3.63, 3.8) is 0 Å². The van der Waals surface area contributed by atoms with Gasteiger partial charge in [-0.3, -0.25) is 9.00 Å². The van der Waals surface area contributed by atoms with Crippen molar-refractivity contribution in [2.45, 2.75) is 18.2 Å². The van der Waals surface area contributed by atoms with Crippen LogP contribution in [0.4, 0.5) is 5.69 Å². The summed E-state index contributed by atoms with van der Waals surface area (Å²) in [5.74, 6) is -0.421. The molecular formula is C12H15N3O2S. The fourth-order valence-electron chi connectivity index (χ4n) is 1.43. The van der Waals surface area contributed by atoms with Crippen molar-refractivity contribution in [1.29, 1.82) is 5.26 Å². The van der Waals surface area contributed by atoms with E-state index >= 15 is 0 Å². The normalized spacial score (nSPS) is 11.6. The lowest BCUT2D eigenvalue weighted by Gasteiger charge is -2.07. The third-order valence-electron chi connectivity index (χ3n) is 2.27. The highest BCUT2D eigenvalue weighted by molar-refractivity contribution is 7.85. The Morgan fingerprint density at radius 3 is 2.89 bits per heavy atom. The van der Waals surface area contributed by atoms with E-state index in [0.29, 0.717) is 10.6 Å². The lowest BCUT2D eigenvalue weighted by molar-refractivity contribution is -0.118. The number of carbonyl (C=O) groups excluding carboxylic acids is 1. The molecule has 0 spiro atoms. The summed E-state index contributed by atoms with van der Waals surface area (Å²) in [5.41, 5.74) is 7.01. The molecular weight excluding hydrogens is 250 g/mol. The van der Waals surface area contributed by atoms with Crippen LogP contribution in [-0.2, 0) is 15.6 Å². The van der Waals surface area contributed by atoms with Gasteiger partial charge in [-0.2, -0.15) is 5.26 Å². The third kappa shape index (κ3) is 4.18. The Bertz CT molecular complexity index is 509. The molecule has 1 rings (SSSR count). The van der Waals surface area contributed by atoms with Crippen LogP contribution in [-0.4, -0.2) is 22.4 Å². The van der Waals surface area contributed by atoms with Gasteiger partial charge in [-0.25, -0.2) is 0 Å². The SMILES string of the molecule is Cc1cc(N)ccc1S(=O)CC(=O)NCCC#N. The molecule has 0 aliphatic rings. The number of carbonyl (C=O) groups is 1. The smallest absolute Gasteiger partial charge is 0.233 e. The van der Waals surface area contributed by atoms with Crippen LogP contribution >= 0.6 is 0 Å². The number of amides is 1. The van der Waals surface area contributed by atoms with E-state index in [2.05, 4.69) is 5.32 Å². The predicted molar refractivity (Wildman–Crippen MR) is 70.1 cm³/mol. The highest BCUT2D eigenvalue weighted by atomic mass is 32.2. The van der Waals surface area contributed by atoms with Gasteiger partial charge in [0.1, 0.15) is 5.75 Å². The van der Waals surface area contributed by atoms with Crippen molar-refractivity contribution in [3.05, 3.63) is 23.8 Å². The molecule has 0 bridgehead atoms. The van der Waals surface area contributed by atoms with Crippen LogP contribution in [0.2, 0.25) is 0 Å². The molecule has 0 aromatic heterocycles. The molecule has 0 saturated carbocycles.